The van der Waals surface area contributed by atoms with Crippen molar-refractivity contribution < 1.29 is 9.59 Å². The molecule has 20 heavy (non-hydrogen) atoms. The zero-order chi connectivity index (χ0) is 13.9. The SMILES string of the molecule is O=CC1CCCN(CC(=O)N2CCc3sccc3C2)C1. The van der Waals surface area contributed by atoms with Crippen LogP contribution >= 0.6 is 11.3 Å². The van der Waals surface area contributed by atoms with Gasteiger partial charge in [-0.2, -0.15) is 0 Å². The van der Waals surface area contributed by atoms with Crippen LogP contribution in [0.25, 0.3) is 0 Å². The van der Waals surface area contributed by atoms with Gasteiger partial charge < -0.3 is 9.69 Å². The predicted octanol–water partition coefficient (Wildman–Crippen LogP) is 1.54. The van der Waals surface area contributed by atoms with E-state index in [2.05, 4.69) is 16.3 Å². The fraction of sp³-hybridized carbons (Fsp3) is 0.600. The van der Waals surface area contributed by atoms with E-state index in [9.17, 15) is 9.59 Å². The van der Waals surface area contributed by atoms with Crippen LogP contribution in [0.15, 0.2) is 11.4 Å². The van der Waals surface area contributed by atoms with E-state index in [0.717, 1.165) is 51.7 Å². The normalized spacial score (nSPS) is 23.4. The lowest BCUT2D eigenvalue weighted by molar-refractivity contribution is -0.134. The standard InChI is InChI=1S/C15H20N2O2S/c18-11-12-2-1-5-16(8-12)10-15(19)17-6-3-14-13(9-17)4-7-20-14/h4,7,11-12H,1-3,5-6,8-10H2. The molecule has 108 valence electrons. The van der Waals surface area contributed by atoms with Gasteiger partial charge in [0.05, 0.1) is 6.54 Å². The summed E-state index contributed by atoms with van der Waals surface area (Å²) < 4.78 is 0. The van der Waals surface area contributed by atoms with E-state index < -0.39 is 0 Å². The van der Waals surface area contributed by atoms with Crippen LogP contribution < -0.4 is 0 Å². The van der Waals surface area contributed by atoms with Crippen LogP contribution in [0.1, 0.15) is 23.3 Å². The van der Waals surface area contributed by atoms with Gasteiger partial charge in [-0.15, -0.1) is 11.3 Å². The second-order valence-corrected chi connectivity index (χ2v) is 6.71. The molecule has 0 aromatic carbocycles. The minimum atomic E-state index is 0.112. The van der Waals surface area contributed by atoms with Gasteiger partial charge >= 0.3 is 0 Å². The molecular formula is C15H20N2O2S. The van der Waals surface area contributed by atoms with Gasteiger partial charge in [0, 0.05) is 30.4 Å². The Morgan fingerprint density at radius 3 is 3.20 bits per heavy atom. The Bertz CT molecular complexity index is 500. The third-order valence-corrected chi connectivity index (χ3v) is 5.28. The van der Waals surface area contributed by atoms with E-state index in [0.29, 0.717) is 6.54 Å². The van der Waals surface area contributed by atoms with Crippen molar-refractivity contribution in [3.63, 3.8) is 0 Å². The summed E-state index contributed by atoms with van der Waals surface area (Å²) in [4.78, 5) is 28.8. The molecule has 1 aromatic rings. The highest BCUT2D eigenvalue weighted by atomic mass is 32.1. The summed E-state index contributed by atoms with van der Waals surface area (Å²) in [5.74, 6) is 0.315. The van der Waals surface area contributed by atoms with Crippen molar-refractivity contribution in [2.24, 2.45) is 5.92 Å². The molecule has 5 heteroatoms. The van der Waals surface area contributed by atoms with Crippen LogP contribution in [-0.2, 0) is 22.6 Å². The second-order valence-electron chi connectivity index (χ2n) is 5.71. The number of fused-ring (bicyclic) bond motifs is 1. The van der Waals surface area contributed by atoms with Crippen molar-refractivity contribution in [1.82, 2.24) is 9.80 Å². The number of amides is 1. The summed E-state index contributed by atoms with van der Waals surface area (Å²) in [5, 5.41) is 2.11. The molecular weight excluding hydrogens is 272 g/mol. The van der Waals surface area contributed by atoms with Crippen molar-refractivity contribution in [3.05, 3.63) is 21.9 Å². The first kappa shape index (κ1) is 13.8. The zero-order valence-electron chi connectivity index (χ0n) is 11.6. The Balaban J connectivity index is 1.56. The van der Waals surface area contributed by atoms with E-state index >= 15 is 0 Å². The molecule has 0 saturated carbocycles. The first-order valence-corrected chi connectivity index (χ1v) is 8.15. The lowest BCUT2D eigenvalue weighted by Crippen LogP contribution is -2.45. The lowest BCUT2D eigenvalue weighted by Gasteiger charge is -2.33. The molecule has 0 N–H and O–H groups in total. The van der Waals surface area contributed by atoms with Crippen molar-refractivity contribution in [2.45, 2.75) is 25.8 Å². The van der Waals surface area contributed by atoms with Crippen LogP contribution in [-0.4, -0.2) is 48.2 Å². The van der Waals surface area contributed by atoms with E-state index in [1.165, 1.54) is 10.4 Å². The number of piperidine rings is 1. The topological polar surface area (TPSA) is 40.6 Å². The number of thiophene rings is 1. The minimum absolute atomic E-state index is 0.112. The molecule has 3 rings (SSSR count). The molecule has 1 aromatic heterocycles. The van der Waals surface area contributed by atoms with Crippen molar-refractivity contribution in [3.8, 4) is 0 Å². The molecule has 1 atom stereocenters. The highest BCUT2D eigenvalue weighted by molar-refractivity contribution is 7.10. The monoisotopic (exact) mass is 292 g/mol. The van der Waals surface area contributed by atoms with E-state index in [4.69, 9.17) is 0 Å². The molecule has 0 spiro atoms. The molecule has 1 fully saturated rings. The summed E-state index contributed by atoms with van der Waals surface area (Å²) in [6, 6.07) is 2.13. The fourth-order valence-corrected chi connectivity index (χ4v) is 3.99. The van der Waals surface area contributed by atoms with Gasteiger partial charge in [-0.1, -0.05) is 0 Å². The number of hydrogen-bond acceptors (Lipinski definition) is 4. The molecule has 1 unspecified atom stereocenters. The van der Waals surface area contributed by atoms with Crippen LogP contribution in [0.2, 0.25) is 0 Å². The van der Waals surface area contributed by atoms with Gasteiger partial charge in [0.2, 0.25) is 5.91 Å². The third kappa shape index (κ3) is 2.94. The first-order chi connectivity index (χ1) is 9.76. The van der Waals surface area contributed by atoms with Gasteiger partial charge in [-0.25, -0.2) is 0 Å². The maximum atomic E-state index is 12.4. The van der Waals surface area contributed by atoms with Crippen molar-refractivity contribution in [2.75, 3.05) is 26.2 Å². The summed E-state index contributed by atoms with van der Waals surface area (Å²) in [6.45, 7) is 3.73. The number of nitrogens with zero attached hydrogens (tertiary/aromatic N) is 2. The quantitative estimate of drug-likeness (QED) is 0.794. The Morgan fingerprint density at radius 1 is 1.45 bits per heavy atom. The maximum absolute atomic E-state index is 12.4. The molecule has 0 bridgehead atoms. The first-order valence-electron chi connectivity index (χ1n) is 7.27. The number of likely N-dealkylation sites (tertiary alicyclic amines) is 1. The number of carbonyl (C=O) groups excluding carboxylic acids is 2. The van der Waals surface area contributed by atoms with Crippen LogP contribution in [0, 0.1) is 5.92 Å². The van der Waals surface area contributed by atoms with Gasteiger partial charge in [0.25, 0.3) is 0 Å². The van der Waals surface area contributed by atoms with Crippen LogP contribution in [0.4, 0.5) is 0 Å². The lowest BCUT2D eigenvalue weighted by atomic mass is 10.00. The third-order valence-electron chi connectivity index (χ3n) is 4.25. The summed E-state index contributed by atoms with van der Waals surface area (Å²) in [5.41, 5.74) is 1.30. The molecule has 2 aliphatic heterocycles. The van der Waals surface area contributed by atoms with Gasteiger partial charge in [0.15, 0.2) is 0 Å². The molecule has 0 radical (unpaired) electrons. The zero-order valence-corrected chi connectivity index (χ0v) is 12.4. The van der Waals surface area contributed by atoms with Crippen LogP contribution in [0.3, 0.4) is 0 Å². The van der Waals surface area contributed by atoms with Crippen LogP contribution in [0.5, 0.6) is 0 Å². The Labute approximate surface area is 123 Å². The summed E-state index contributed by atoms with van der Waals surface area (Å²) in [6.07, 6.45) is 4.01. The highest BCUT2D eigenvalue weighted by Gasteiger charge is 2.25. The number of aldehydes is 1. The second kappa shape index (κ2) is 6.06. The van der Waals surface area contributed by atoms with E-state index in [1.54, 1.807) is 11.3 Å². The number of carbonyl (C=O) groups is 2. The van der Waals surface area contributed by atoms with Crippen molar-refractivity contribution in [1.29, 1.82) is 0 Å². The molecule has 0 aliphatic carbocycles. The Kier molecular flexibility index (Phi) is 4.17. The van der Waals surface area contributed by atoms with Gasteiger partial charge in [0.1, 0.15) is 6.29 Å². The maximum Gasteiger partial charge on any atom is 0.237 e. The Morgan fingerprint density at radius 2 is 2.35 bits per heavy atom. The molecule has 3 heterocycles. The van der Waals surface area contributed by atoms with Gasteiger partial charge in [-0.05, 0) is 42.8 Å². The summed E-state index contributed by atoms with van der Waals surface area (Å²) >= 11 is 1.79. The Hall–Kier alpha value is -1.20. The van der Waals surface area contributed by atoms with E-state index in [-0.39, 0.29) is 11.8 Å². The molecule has 4 nitrogen and oxygen atoms in total. The average Bonchev–Trinajstić information content (AvgIpc) is 2.94. The molecule has 1 saturated heterocycles. The molecule has 2 aliphatic rings. The van der Waals surface area contributed by atoms with Gasteiger partial charge in [-0.3, -0.25) is 9.69 Å². The fourth-order valence-electron chi connectivity index (χ4n) is 3.10. The summed E-state index contributed by atoms with van der Waals surface area (Å²) in [7, 11) is 0. The highest BCUT2D eigenvalue weighted by Crippen LogP contribution is 2.24. The minimum Gasteiger partial charge on any atom is -0.337 e. The largest absolute Gasteiger partial charge is 0.337 e. The average molecular weight is 292 g/mol. The smallest absolute Gasteiger partial charge is 0.237 e. The number of hydrogen-bond donors (Lipinski definition) is 0. The number of rotatable bonds is 3. The predicted molar refractivity (Wildman–Crippen MR) is 78.7 cm³/mol. The van der Waals surface area contributed by atoms with E-state index in [1.807, 2.05) is 4.90 Å². The van der Waals surface area contributed by atoms with Crippen molar-refractivity contribution >= 4 is 23.5 Å². The molecule has 1 amide bonds.